The molecule has 1 amide bonds. The number of amides is 1. The number of ether oxygens (including phenoxy) is 1. The molecule has 0 spiro atoms. The number of aryl methyl sites for hydroxylation is 1. The average Bonchev–Trinajstić information content (AvgIpc) is 3.05. The highest BCUT2D eigenvalue weighted by atomic mass is 19.1. The summed E-state index contributed by atoms with van der Waals surface area (Å²) in [5.41, 5.74) is 0.973. The summed E-state index contributed by atoms with van der Waals surface area (Å²) < 4.78 is 20.4. The van der Waals surface area contributed by atoms with E-state index in [0.29, 0.717) is 22.8 Å². The fourth-order valence-electron chi connectivity index (χ4n) is 2.49. The maximum absolute atomic E-state index is 13.6. The van der Waals surface area contributed by atoms with Crippen LogP contribution in [0.3, 0.4) is 0 Å². The number of halogens is 1. The number of nitrogens with zero attached hydrogens (tertiary/aromatic N) is 3. The van der Waals surface area contributed by atoms with Gasteiger partial charge in [0.15, 0.2) is 0 Å². The second-order valence-corrected chi connectivity index (χ2v) is 5.45. The van der Waals surface area contributed by atoms with Gasteiger partial charge in [0, 0.05) is 31.7 Å². The van der Waals surface area contributed by atoms with Gasteiger partial charge < -0.3 is 14.6 Å². The number of methoxy groups -OCH3 is 1. The van der Waals surface area contributed by atoms with Crippen molar-refractivity contribution in [1.29, 1.82) is 0 Å². The monoisotopic (exact) mass is 340 g/mol. The molecule has 2 aromatic heterocycles. The second-order valence-electron chi connectivity index (χ2n) is 5.45. The van der Waals surface area contributed by atoms with Crippen molar-refractivity contribution in [1.82, 2.24) is 19.9 Å². The molecule has 3 rings (SSSR count). The molecule has 7 heteroatoms. The molecule has 0 bridgehead atoms. The Morgan fingerprint density at radius 2 is 2.12 bits per heavy atom. The van der Waals surface area contributed by atoms with Crippen LogP contribution < -0.4 is 10.1 Å². The number of hydrogen-bond donors (Lipinski definition) is 1. The van der Waals surface area contributed by atoms with Gasteiger partial charge in [-0.05, 0) is 23.8 Å². The minimum atomic E-state index is -0.592. The smallest absolute Gasteiger partial charge is 0.253 e. The summed E-state index contributed by atoms with van der Waals surface area (Å²) in [5, 5.41) is 2.89. The quantitative estimate of drug-likeness (QED) is 0.775. The van der Waals surface area contributed by atoms with Crippen LogP contribution in [-0.2, 0) is 7.05 Å². The Bertz CT molecular complexity index is 877. The first-order valence-electron chi connectivity index (χ1n) is 7.62. The highest BCUT2D eigenvalue weighted by Gasteiger charge is 2.22. The van der Waals surface area contributed by atoms with Crippen LogP contribution in [0.4, 0.5) is 4.39 Å². The molecule has 0 saturated carbocycles. The minimum absolute atomic E-state index is 0.340. The summed E-state index contributed by atoms with van der Waals surface area (Å²) in [7, 11) is 3.32. The number of carbonyl (C=O) groups excluding carboxylic acids is 1. The molecule has 1 atom stereocenters. The second kappa shape index (κ2) is 7.12. The molecule has 1 aromatic carbocycles. The van der Waals surface area contributed by atoms with Crippen molar-refractivity contribution in [2.45, 2.75) is 6.04 Å². The number of carbonyl (C=O) groups is 1. The number of pyridine rings is 1. The lowest BCUT2D eigenvalue weighted by atomic mass is 10.1. The Hall–Kier alpha value is -3.22. The van der Waals surface area contributed by atoms with E-state index >= 15 is 0 Å². The van der Waals surface area contributed by atoms with Crippen LogP contribution in [0.15, 0.2) is 55.0 Å². The predicted molar refractivity (Wildman–Crippen MR) is 89.7 cm³/mol. The van der Waals surface area contributed by atoms with E-state index in [1.54, 1.807) is 41.2 Å². The third kappa shape index (κ3) is 3.65. The lowest BCUT2D eigenvalue weighted by Crippen LogP contribution is -2.31. The summed E-state index contributed by atoms with van der Waals surface area (Å²) in [6, 6.07) is 8.71. The van der Waals surface area contributed by atoms with Crippen molar-refractivity contribution in [3.05, 3.63) is 77.8 Å². The van der Waals surface area contributed by atoms with Crippen LogP contribution in [0.25, 0.3) is 0 Å². The van der Waals surface area contributed by atoms with Crippen molar-refractivity contribution in [2.75, 3.05) is 7.11 Å². The summed E-state index contributed by atoms with van der Waals surface area (Å²) in [6.45, 7) is 0. The molecule has 3 aromatic rings. The van der Waals surface area contributed by atoms with Crippen LogP contribution >= 0.6 is 0 Å². The van der Waals surface area contributed by atoms with Crippen LogP contribution in [0.1, 0.15) is 27.8 Å². The van der Waals surface area contributed by atoms with Crippen LogP contribution in [0.2, 0.25) is 0 Å². The molecule has 0 saturated heterocycles. The van der Waals surface area contributed by atoms with Gasteiger partial charge in [0.2, 0.25) is 5.88 Å². The van der Waals surface area contributed by atoms with Crippen LogP contribution in [0.5, 0.6) is 5.88 Å². The lowest BCUT2D eigenvalue weighted by molar-refractivity contribution is 0.0940. The van der Waals surface area contributed by atoms with Crippen molar-refractivity contribution < 1.29 is 13.9 Å². The predicted octanol–water partition coefficient (Wildman–Crippen LogP) is 2.48. The van der Waals surface area contributed by atoms with E-state index in [-0.39, 0.29) is 11.7 Å². The molecule has 0 aliphatic carbocycles. The van der Waals surface area contributed by atoms with Crippen LogP contribution in [0, 0.1) is 5.82 Å². The topological polar surface area (TPSA) is 69.0 Å². The fraction of sp³-hybridized carbons (Fsp3) is 0.167. The normalized spacial score (nSPS) is 11.8. The Morgan fingerprint density at radius 3 is 2.72 bits per heavy atom. The summed E-state index contributed by atoms with van der Waals surface area (Å²) >= 11 is 0. The van der Waals surface area contributed by atoms with Gasteiger partial charge in [-0.1, -0.05) is 12.1 Å². The van der Waals surface area contributed by atoms with E-state index in [4.69, 9.17) is 4.74 Å². The fourth-order valence-corrected chi connectivity index (χ4v) is 2.49. The molecule has 0 unspecified atom stereocenters. The zero-order valence-corrected chi connectivity index (χ0v) is 13.8. The SMILES string of the molecule is COc1ccc(C(=O)N[C@@H](c2cccc(F)c2)c2nccn2C)cn1. The van der Waals surface area contributed by atoms with Gasteiger partial charge in [-0.3, -0.25) is 4.79 Å². The van der Waals surface area contributed by atoms with E-state index in [1.165, 1.54) is 25.4 Å². The highest BCUT2D eigenvalue weighted by Crippen LogP contribution is 2.22. The third-order valence-corrected chi connectivity index (χ3v) is 3.78. The molecule has 0 aliphatic rings. The van der Waals surface area contributed by atoms with E-state index in [2.05, 4.69) is 15.3 Å². The number of nitrogens with one attached hydrogen (secondary N) is 1. The number of imidazole rings is 1. The maximum Gasteiger partial charge on any atom is 0.253 e. The molecule has 0 aliphatic heterocycles. The number of hydrogen-bond acceptors (Lipinski definition) is 4. The molecule has 6 nitrogen and oxygen atoms in total. The van der Waals surface area contributed by atoms with Crippen molar-refractivity contribution in [3.63, 3.8) is 0 Å². The van der Waals surface area contributed by atoms with E-state index in [9.17, 15) is 9.18 Å². The van der Waals surface area contributed by atoms with E-state index < -0.39 is 6.04 Å². The van der Waals surface area contributed by atoms with Crippen molar-refractivity contribution in [3.8, 4) is 5.88 Å². The van der Waals surface area contributed by atoms with Gasteiger partial charge in [0.1, 0.15) is 17.7 Å². The Balaban J connectivity index is 1.92. The molecule has 0 radical (unpaired) electrons. The van der Waals surface area contributed by atoms with Gasteiger partial charge in [0.05, 0.1) is 12.7 Å². The minimum Gasteiger partial charge on any atom is -0.481 e. The van der Waals surface area contributed by atoms with Gasteiger partial charge in [0.25, 0.3) is 5.91 Å². The molecule has 1 N–H and O–H groups in total. The zero-order valence-electron chi connectivity index (χ0n) is 13.8. The molecule has 25 heavy (non-hydrogen) atoms. The Morgan fingerprint density at radius 1 is 1.28 bits per heavy atom. The first kappa shape index (κ1) is 16.6. The molecular formula is C18H17FN4O2. The number of rotatable bonds is 5. The third-order valence-electron chi connectivity index (χ3n) is 3.78. The first-order chi connectivity index (χ1) is 12.1. The first-order valence-corrected chi connectivity index (χ1v) is 7.62. The molecule has 2 heterocycles. The summed E-state index contributed by atoms with van der Waals surface area (Å²) in [5.74, 6) is 0.298. The lowest BCUT2D eigenvalue weighted by Gasteiger charge is -2.19. The maximum atomic E-state index is 13.6. The highest BCUT2D eigenvalue weighted by molar-refractivity contribution is 5.94. The van der Waals surface area contributed by atoms with Gasteiger partial charge >= 0.3 is 0 Å². The zero-order chi connectivity index (χ0) is 17.8. The van der Waals surface area contributed by atoms with E-state index in [1.807, 2.05) is 7.05 Å². The average molecular weight is 340 g/mol. The van der Waals surface area contributed by atoms with Crippen LogP contribution in [-0.4, -0.2) is 27.6 Å². The molecule has 0 fully saturated rings. The molecule has 128 valence electrons. The van der Waals surface area contributed by atoms with Gasteiger partial charge in [-0.2, -0.15) is 0 Å². The molecular weight excluding hydrogens is 323 g/mol. The Kier molecular flexibility index (Phi) is 4.74. The standard InChI is InChI=1S/C18H17FN4O2/c1-23-9-8-20-17(23)16(12-4-3-5-14(19)10-12)22-18(24)13-6-7-15(25-2)21-11-13/h3-11,16H,1-2H3,(H,22,24)/t16-/m0/s1. The van der Waals surface area contributed by atoms with Crippen molar-refractivity contribution >= 4 is 5.91 Å². The van der Waals surface area contributed by atoms with E-state index in [0.717, 1.165) is 0 Å². The Labute approximate surface area is 144 Å². The summed E-state index contributed by atoms with van der Waals surface area (Å²) in [6.07, 6.45) is 4.82. The number of benzene rings is 1. The van der Waals surface area contributed by atoms with Crippen molar-refractivity contribution in [2.24, 2.45) is 7.05 Å². The summed E-state index contributed by atoms with van der Waals surface area (Å²) in [4.78, 5) is 20.9. The van der Waals surface area contributed by atoms with Gasteiger partial charge in [-0.25, -0.2) is 14.4 Å². The van der Waals surface area contributed by atoms with Gasteiger partial charge in [-0.15, -0.1) is 0 Å². The number of aromatic nitrogens is 3. The largest absolute Gasteiger partial charge is 0.481 e.